The summed E-state index contributed by atoms with van der Waals surface area (Å²) in [6.07, 6.45) is 5.04. The van der Waals surface area contributed by atoms with E-state index in [9.17, 15) is 9.59 Å². The molecule has 0 amide bonds. The molecule has 28 heavy (non-hydrogen) atoms. The minimum atomic E-state index is -0.771. The summed E-state index contributed by atoms with van der Waals surface area (Å²) in [5.41, 5.74) is -0.617. The molecule has 0 N–H and O–H groups in total. The van der Waals surface area contributed by atoms with Crippen LogP contribution in [0.4, 0.5) is 0 Å². The molecule has 0 atom stereocenters. The number of ether oxygens (including phenoxy) is 5. The molecule has 0 spiro atoms. The topological polar surface area (TPSA) is 93.4 Å². The maximum Gasteiger partial charge on any atom is 0.351 e. The zero-order chi connectivity index (χ0) is 20.2. The molecule has 0 aliphatic heterocycles. The Balaban J connectivity index is 1.70. The first-order chi connectivity index (χ1) is 13.7. The number of benzene rings is 1. The van der Waals surface area contributed by atoms with Gasteiger partial charge in [0.05, 0.1) is 40.1 Å². The lowest BCUT2D eigenvalue weighted by Gasteiger charge is -2.07. The van der Waals surface area contributed by atoms with E-state index in [1.165, 1.54) is 13.2 Å². The number of hydrogen-bond donors (Lipinski definition) is 0. The van der Waals surface area contributed by atoms with Gasteiger partial charge in [-0.2, -0.15) is 0 Å². The number of hydrogen-bond acceptors (Lipinski definition) is 8. The number of rotatable bonds is 12. The first-order valence-corrected chi connectivity index (χ1v) is 8.61. The Bertz CT molecular complexity index is 865. The molecule has 150 valence electrons. The summed E-state index contributed by atoms with van der Waals surface area (Å²) in [7, 11) is 1.51. The number of fused-ring (bicyclic) bond motifs is 1. The molecule has 1 aromatic carbocycles. The van der Waals surface area contributed by atoms with E-state index < -0.39 is 11.6 Å². The lowest BCUT2D eigenvalue weighted by molar-refractivity contribution is 0.00339. The van der Waals surface area contributed by atoms with Gasteiger partial charge in [0, 0.05) is 11.5 Å². The molecule has 8 heteroatoms. The second kappa shape index (κ2) is 11.8. The minimum absolute atomic E-state index is 0.00417. The predicted octanol–water partition coefficient (Wildman–Crippen LogP) is 1.64. The van der Waals surface area contributed by atoms with Crippen LogP contribution in [0.25, 0.3) is 11.0 Å². The van der Waals surface area contributed by atoms with Crippen LogP contribution in [-0.2, 0) is 18.9 Å². The van der Waals surface area contributed by atoms with Gasteiger partial charge in [0.2, 0.25) is 0 Å². The molecule has 8 nitrogen and oxygen atoms in total. The largest absolute Gasteiger partial charge is 0.497 e. The van der Waals surface area contributed by atoms with E-state index in [0.29, 0.717) is 43.1 Å². The summed E-state index contributed by atoms with van der Waals surface area (Å²) in [6.45, 7) is 2.00. The van der Waals surface area contributed by atoms with Crippen molar-refractivity contribution in [3.8, 4) is 18.1 Å². The minimum Gasteiger partial charge on any atom is -0.497 e. The highest BCUT2D eigenvalue weighted by Gasteiger charge is 2.15. The van der Waals surface area contributed by atoms with Gasteiger partial charge >= 0.3 is 11.6 Å². The van der Waals surface area contributed by atoms with Gasteiger partial charge in [-0.1, -0.05) is 5.92 Å². The van der Waals surface area contributed by atoms with Crippen molar-refractivity contribution in [2.24, 2.45) is 0 Å². The van der Waals surface area contributed by atoms with Crippen molar-refractivity contribution < 1.29 is 32.9 Å². The summed E-state index contributed by atoms with van der Waals surface area (Å²) in [6, 6.07) is 6.39. The maximum atomic E-state index is 12.1. The van der Waals surface area contributed by atoms with Gasteiger partial charge in [-0.25, -0.2) is 9.59 Å². The van der Waals surface area contributed by atoms with Gasteiger partial charge in [0.25, 0.3) is 0 Å². The monoisotopic (exact) mass is 390 g/mol. The number of esters is 1. The van der Waals surface area contributed by atoms with Crippen LogP contribution in [0.3, 0.4) is 0 Å². The normalized spacial score (nSPS) is 10.6. The zero-order valence-electron chi connectivity index (χ0n) is 15.6. The third-order valence-corrected chi connectivity index (χ3v) is 3.55. The van der Waals surface area contributed by atoms with Crippen LogP contribution in [0.1, 0.15) is 10.4 Å². The van der Waals surface area contributed by atoms with E-state index >= 15 is 0 Å². The van der Waals surface area contributed by atoms with Crippen molar-refractivity contribution in [1.29, 1.82) is 0 Å². The summed E-state index contributed by atoms with van der Waals surface area (Å²) in [4.78, 5) is 24.1. The molecule has 0 saturated heterocycles. The van der Waals surface area contributed by atoms with Gasteiger partial charge in [0.15, 0.2) is 0 Å². The van der Waals surface area contributed by atoms with Crippen molar-refractivity contribution in [2.75, 3.05) is 53.4 Å². The fourth-order valence-electron chi connectivity index (χ4n) is 2.20. The first-order valence-electron chi connectivity index (χ1n) is 8.61. The molecular formula is C20H22O8. The SMILES string of the molecule is C#CCOCCOCCOCCOC(=O)c1cc2ccc(OC)cc2oc1=O. The standard InChI is InChI=1S/C20H22O8/c1-3-6-24-7-8-25-9-10-26-11-12-27-19(21)17-13-15-4-5-16(23-2)14-18(15)28-20(17)22/h1,4-5,13-14H,6-12H2,2H3. The van der Waals surface area contributed by atoms with Crippen molar-refractivity contribution in [3.63, 3.8) is 0 Å². The summed E-state index contributed by atoms with van der Waals surface area (Å²) in [5, 5.41) is 0.590. The molecular weight excluding hydrogens is 368 g/mol. The average Bonchev–Trinajstić information content (AvgIpc) is 2.70. The van der Waals surface area contributed by atoms with Crippen LogP contribution in [0, 0.1) is 12.3 Å². The van der Waals surface area contributed by atoms with E-state index in [1.54, 1.807) is 18.2 Å². The highest BCUT2D eigenvalue weighted by molar-refractivity contribution is 5.93. The number of carbonyl (C=O) groups is 1. The van der Waals surface area contributed by atoms with E-state index in [2.05, 4.69) is 5.92 Å². The molecule has 0 bridgehead atoms. The Kier molecular flexibility index (Phi) is 9.01. The highest BCUT2D eigenvalue weighted by atomic mass is 16.6. The Labute approximate surface area is 162 Å². The van der Waals surface area contributed by atoms with Crippen molar-refractivity contribution in [1.82, 2.24) is 0 Å². The summed E-state index contributed by atoms with van der Waals surface area (Å²) >= 11 is 0. The molecule has 0 aliphatic carbocycles. The summed E-state index contributed by atoms with van der Waals surface area (Å²) in [5.74, 6) is 2.14. The molecule has 0 aliphatic rings. The molecule has 1 heterocycles. The molecule has 2 rings (SSSR count). The molecule has 0 radical (unpaired) electrons. The van der Waals surface area contributed by atoms with Crippen LogP contribution >= 0.6 is 0 Å². The van der Waals surface area contributed by atoms with E-state index in [0.717, 1.165) is 0 Å². The smallest absolute Gasteiger partial charge is 0.351 e. The van der Waals surface area contributed by atoms with Crippen LogP contribution in [0.15, 0.2) is 33.5 Å². The maximum absolute atomic E-state index is 12.1. The number of carbonyl (C=O) groups excluding carboxylic acids is 1. The number of terminal acetylenes is 1. The van der Waals surface area contributed by atoms with Gasteiger partial charge in [-0.05, 0) is 18.2 Å². The molecule has 2 aromatic rings. The molecule has 0 fully saturated rings. The fraction of sp³-hybridized carbons (Fsp3) is 0.400. The van der Waals surface area contributed by atoms with Crippen LogP contribution in [0.5, 0.6) is 5.75 Å². The third kappa shape index (κ3) is 6.70. The molecule has 0 unspecified atom stereocenters. The van der Waals surface area contributed by atoms with Gasteiger partial charge in [-0.15, -0.1) is 6.42 Å². The second-order valence-corrected chi connectivity index (χ2v) is 5.47. The van der Waals surface area contributed by atoms with Gasteiger partial charge in [-0.3, -0.25) is 0 Å². The fourth-order valence-corrected chi connectivity index (χ4v) is 2.20. The van der Waals surface area contributed by atoms with Crippen molar-refractivity contribution >= 4 is 16.9 Å². The Hall–Kier alpha value is -2.86. The lowest BCUT2D eigenvalue weighted by atomic mass is 10.2. The van der Waals surface area contributed by atoms with Crippen LogP contribution in [0.2, 0.25) is 0 Å². The van der Waals surface area contributed by atoms with E-state index in [4.69, 9.17) is 34.5 Å². The van der Waals surface area contributed by atoms with Gasteiger partial charge < -0.3 is 28.1 Å². The van der Waals surface area contributed by atoms with E-state index in [-0.39, 0.29) is 25.4 Å². The van der Waals surface area contributed by atoms with Crippen molar-refractivity contribution in [3.05, 3.63) is 40.2 Å². The Morgan fingerprint density at radius 1 is 1.04 bits per heavy atom. The van der Waals surface area contributed by atoms with Crippen LogP contribution in [-0.4, -0.2) is 59.3 Å². The Morgan fingerprint density at radius 3 is 2.39 bits per heavy atom. The first kappa shape index (κ1) is 21.4. The zero-order valence-corrected chi connectivity index (χ0v) is 15.6. The molecule has 0 saturated carbocycles. The predicted molar refractivity (Wildman–Crippen MR) is 101 cm³/mol. The van der Waals surface area contributed by atoms with Crippen LogP contribution < -0.4 is 10.4 Å². The van der Waals surface area contributed by atoms with E-state index in [1.807, 2.05) is 0 Å². The highest BCUT2D eigenvalue weighted by Crippen LogP contribution is 2.20. The third-order valence-electron chi connectivity index (χ3n) is 3.55. The second-order valence-electron chi connectivity index (χ2n) is 5.47. The lowest BCUT2D eigenvalue weighted by Crippen LogP contribution is -2.19. The Morgan fingerprint density at radius 2 is 1.71 bits per heavy atom. The van der Waals surface area contributed by atoms with Crippen molar-refractivity contribution in [2.45, 2.75) is 0 Å². The summed E-state index contributed by atoms with van der Waals surface area (Å²) < 4.78 is 30.9. The quantitative estimate of drug-likeness (QED) is 0.234. The number of methoxy groups -OCH3 is 1. The molecule has 1 aromatic heterocycles. The van der Waals surface area contributed by atoms with Gasteiger partial charge in [0.1, 0.15) is 30.1 Å². The average molecular weight is 390 g/mol.